The Kier molecular flexibility index (Phi) is 4.11. The normalized spacial score (nSPS) is 29.7. The molecule has 27 heavy (non-hydrogen) atoms. The van der Waals surface area contributed by atoms with Crippen molar-refractivity contribution in [1.29, 1.82) is 0 Å². The molecule has 0 spiro atoms. The van der Waals surface area contributed by atoms with Crippen LogP contribution in [0.15, 0.2) is 30.9 Å². The molecule has 5 rings (SSSR count). The molecule has 1 saturated heterocycles. The molecule has 142 valence electrons. The lowest BCUT2D eigenvalue weighted by Gasteiger charge is -2.34. The molecule has 7 heteroatoms. The summed E-state index contributed by atoms with van der Waals surface area (Å²) in [6.07, 6.45) is 6.23. The van der Waals surface area contributed by atoms with E-state index in [-0.39, 0.29) is 11.9 Å². The molecule has 3 heterocycles. The van der Waals surface area contributed by atoms with Crippen molar-refractivity contribution in [3.8, 4) is 5.75 Å². The van der Waals surface area contributed by atoms with Gasteiger partial charge in [0, 0.05) is 18.7 Å². The maximum Gasteiger partial charge on any atom is 0.253 e. The van der Waals surface area contributed by atoms with Gasteiger partial charge in [0.25, 0.3) is 5.91 Å². The number of amides is 1. The van der Waals surface area contributed by atoms with Crippen molar-refractivity contribution in [3.63, 3.8) is 0 Å². The fourth-order valence-corrected chi connectivity index (χ4v) is 4.92. The van der Waals surface area contributed by atoms with E-state index in [4.69, 9.17) is 4.74 Å². The number of likely N-dealkylation sites (tertiary alicyclic amines) is 1. The van der Waals surface area contributed by atoms with Gasteiger partial charge in [0.15, 0.2) is 0 Å². The van der Waals surface area contributed by atoms with Gasteiger partial charge in [-0.3, -0.25) is 4.79 Å². The van der Waals surface area contributed by atoms with E-state index in [0.717, 1.165) is 55.8 Å². The summed E-state index contributed by atoms with van der Waals surface area (Å²) >= 11 is 0. The first-order valence-electron chi connectivity index (χ1n) is 9.76. The fraction of sp³-hybridized carbons (Fsp3) is 0.550. The Balaban J connectivity index is 1.31. The van der Waals surface area contributed by atoms with Gasteiger partial charge >= 0.3 is 0 Å². The number of benzene rings is 1. The summed E-state index contributed by atoms with van der Waals surface area (Å²) in [5.41, 5.74) is 1.87. The molecule has 1 aliphatic carbocycles. The number of rotatable bonds is 2. The molecular weight excluding hydrogens is 344 g/mol. The third kappa shape index (κ3) is 3.00. The number of nitrogens with zero attached hydrogens (tertiary/aromatic N) is 4. The molecule has 3 aliphatic rings. The maximum atomic E-state index is 13.1. The van der Waals surface area contributed by atoms with E-state index in [0.29, 0.717) is 18.3 Å². The van der Waals surface area contributed by atoms with Crippen LogP contribution in [-0.2, 0) is 6.42 Å². The Bertz CT molecular complexity index is 838. The zero-order valence-electron chi connectivity index (χ0n) is 15.2. The predicted molar refractivity (Wildman–Crippen MR) is 97.4 cm³/mol. The molecule has 7 nitrogen and oxygen atoms in total. The molecule has 2 aliphatic heterocycles. The van der Waals surface area contributed by atoms with E-state index >= 15 is 0 Å². The van der Waals surface area contributed by atoms with Crippen molar-refractivity contribution in [2.75, 3.05) is 19.7 Å². The van der Waals surface area contributed by atoms with Gasteiger partial charge < -0.3 is 14.7 Å². The Morgan fingerprint density at radius 1 is 1.22 bits per heavy atom. The summed E-state index contributed by atoms with van der Waals surface area (Å²) in [4.78, 5) is 19.0. The summed E-state index contributed by atoms with van der Waals surface area (Å²) < 4.78 is 7.41. The van der Waals surface area contributed by atoms with E-state index in [1.54, 1.807) is 11.0 Å². The van der Waals surface area contributed by atoms with Crippen LogP contribution in [0.1, 0.15) is 41.2 Å². The molecule has 0 radical (unpaired) electrons. The molecule has 0 unspecified atom stereocenters. The second-order valence-corrected chi connectivity index (χ2v) is 7.99. The van der Waals surface area contributed by atoms with Crippen LogP contribution in [0.3, 0.4) is 0 Å². The van der Waals surface area contributed by atoms with Gasteiger partial charge in [-0.1, -0.05) is 0 Å². The van der Waals surface area contributed by atoms with Crippen LogP contribution in [-0.4, -0.2) is 56.5 Å². The molecule has 1 aromatic heterocycles. The van der Waals surface area contributed by atoms with Crippen LogP contribution in [0.2, 0.25) is 0 Å². The molecule has 2 fully saturated rings. The van der Waals surface area contributed by atoms with E-state index in [2.05, 4.69) is 10.1 Å². The second-order valence-electron chi connectivity index (χ2n) is 7.99. The Morgan fingerprint density at radius 3 is 2.89 bits per heavy atom. The van der Waals surface area contributed by atoms with Gasteiger partial charge in [-0.05, 0) is 61.3 Å². The van der Waals surface area contributed by atoms with Crippen LogP contribution in [0.4, 0.5) is 0 Å². The number of aliphatic hydroxyl groups excluding tert-OH is 1. The minimum atomic E-state index is -0.441. The number of carbonyl (C=O) groups is 1. The molecule has 1 aromatic carbocycles. The minimum absolute atomic E-state index is 0.0512. The number of aryl methyl sites for hydroxylation is 1. The van der Waals surface area contributed by atoms with Gasteiger partial charge in [0.1, 0.15) is 18.4 Å². The largest absolute Gasteiger partial charge is 0.493 e. The van der Waals surface area contributed by atoms with E-state index in [1.807, 2.05) is 23.1 Å². The van der Waals surface area contributed by atoms with Crippen LogP contribution in [0.25, 0.3) is 0 Å². The molecule has 2 aromatic rings. The predicted octanol–water partition coefficient (Wildman–Crippen LogP) is 1.69. The Hall–Kier alpha value is -2.41. The van der Waals surface area contributed by atoms with Gasteiger partial charge in [-0.15, -0.1) is 0 Å². The molecule has 1 amide bonds. The standard InChI is InChI=1S/C20H24N4O3/c25-18-8-16-10-23(9-15(16)7-17(18)24-12-21-11-22-24)20(26)14-3-4-19-13(6-14)2-1-5-27-19/h3-4,6,11-12,15-18,25H,1-2,5,7-10H2/t15-,16+,17-,18-/m1/s1. The number of ether oxygens (including phenoxy) is 1. The van der Waals surface area contributed by atoms with Gasteiger partial charge in [-0.25, -0.2) is 9.67 Å². The third-order valence-corrected chi connectivity index (χ3v) is 6.33. The van der Waals surface area contributed by atoms with Gasteiger partial charge in [0.2, 0.25) is 0 Å². The summed E-state index contributed by atoms with van der Waals surface area (Å²) in [5, 5.41) is 14.8. The van der Waals surface area contributed by atoms with Crippen LogP contribution in [0.5, 0.6) is 5.75 Å². The van der Waals surface area contributed by atoms with Crippen LogP contribution < -0.4 is 4.74 Å². The number of aromatic nitrogens is 3. The highest BCUT2D eigenvalue weighted by molar-refractivity contribution is 5.94. The zero-order valence-corrected chi connectivity index (χ0v) is 15.2. The van der Waals surface area contributed by atoms with Gasteiger partial charge in [-0.2, -0.15) is 5.10 Å². The van der Waals surface area contributed by atoms with Crippen LogP contribution >= 0.6 is 0 Å². The lowest BCUT2D eigenvalue weighted by molar-refractivity contribution is 0.0304. The minimum Gasteiger partial charge on any atom is -0.493 e. The monoisotopic (exact) mass is 368 g/mol. The number of hydrogen-bond acceptors (Lipinski definition) is 5. The average molecular weight is 368 g/mol. The lowest BCUT2D eigenvalue weighted by atomic mass is 9.77. The topological polar surface area (TPSA) is 80.5 Å². The molecule has 4 atom stereocenters. The highest BCUT2D eigenvalue weighted by atomic mass is 16.5. The summed E-state index contributed by atoms with van der Waals surface area (Å²) in [6.45, 7) is 2.22. The van der Waals surface area contributed by atoms with Crippen molar-refractivity contribution < 1.29 is 14.6 Å². The molecule has 0 bridgehead atoms. The second kappa shape index (κ2) is 6.64. The van der Waals surface area contributed by atoms with Gasteiger partial charge in [0.05, 0.1) is 18.8 Å². The van der Waals surface area contributed by atoms with E-state index < -0.39 is 6.10 Å². The summed E-state index contributed by atoms with van der Waals surface area (Å²) in [7, 11) is 0. The van der Waals surface area contributed by atoms with Crippen molar-refractivity contribution in [1.82, 2.24) is 19.7 Å². The van der Waals surface area contributed by atoms with E-state index in [9.17, 15) is 9.90 Å². The summed E-state index contributed by atoms with van der Waals surface area (Å²) in [6, 6.07) is 5.74. The van der Waals surface area contributed by atoms with Crippen molar-refractivity contribution >= 4 is 5.91 Å². The smallest absolute Gasteiger partial charge is 0.253 e. The molecule has 1 N–H and O–H groups in total. The first-order chi connectivity index (χ1) is 13.2. The van der Waals surface area contributed by atoms with Crippen molar-refractivity contribution in [2.24, 2.45) is 11.8 Å². The summed E-state index contributed by atoms with van der Waals surface area (Å²) in [5.74, 6) is 1.74. The third-order valence-electron chi connectivity index (χ3n) is 6.33. The molecular formula is C20H24N4O3. The van der Waals surface area contributed by atoms with Crippen LogP contribution in [0, 0.1) is 11.8 Å². The maximum absolute atomic E-state index is 13.1. The first-order valence-corrected chi connectivity index (χ1v) is 9.76. The average Bonchev–Trinajstić information content (AvgIpc) is 3.35. The SMILES string of the molecule is O=C(c1ccc2c(c1)CCCO2)N1C[C@H]2C[C@@H](n3cncn3)[C@H](O)C[C@H]2C1. The number of aliphatic hydroxyl groups is 1. The molecule has 1 saturated carbocycles. The number of carbonyl (C=O) groups excluding carboxylic acids is 1. The number of hydrogen-bond donors (Lipinski definition) is 1. The van der Waals surface area contributed by atoms with Crippen molar-refractivity contribution in [3.05, 3.63) is 42.0 Å². The first kappa shape index (κ1) is 16.7. The Labute approximate surface area is 158 Å². The highest BCUT2D eigenvalue weighted by Crippen LogP contribution is 2.41. The quantitative estimate of drug-likeness (QED) is 0.872. The van der Waals surface area contributed by atoms with Crippen molar-refractivity contribution in [2.45, 2.75) is 37.8 Å². The highest BCUT2D eigenvalue weighted by Gasteiger charge is 2.44. The fourth-order valence-electron chi connectivity index (χ4n) is 4.92. The number of fused-ring (bicyclic) bond motifs is 2. The lowest BCUT2D eigenvalue weighted by Crippen LogP contribution is -2.36. The van der Waals surface area contributed by atoms with E-state index in [1.165, 1.54) is 6.33 Å². The zero-order chi connectivity index (χ0) is 18.4. The Morgan fingerprint density at radius 2 is 2.07 bits per heavy atom.